The molecular weight excluding hydrogens is 356 g/mol. The first-order valence-electron chi connectivity index (χ1n) is 9.37. The van der Waals surface area contributed by atoms with E-state index >= 15 is 0 Å². The topological polar surface area (TPSA) is 67.9 Å². The number of nitrogens with one attached hydrogen (secondary N) is 1. The number of rotatable bonds is 5. The molecule has 1 saturated heterocycles. The minimum atomic E-state index is -0.652. The van der Waals surface area contributed by atoms with Crippen LogP contribution >= 0.6 is 0 Å². The van der Waals surface area contributed by atoms with Crippen LogP contribution < -0.4 is 5.32 Å². The summed E-state index contributed by atoms with van der Waals surface area (Å²) < 4.78 is 10.0. The Morgan fingerprint density at radius 1 is 1.21 bits per heavy atom. The number of carbonyl (C=O) groups excluding carboxylic acids is 2. The number of benzene rings is 1. The number of nitrogens with zero attached hydrogens (tertiary/aromatic N) is 1. The summed E-state index contributed by atoms with van der Waals surface area (Å²) in [5, 5.41) is 2.66. The smallest absolute Gasteiger partial charge is 0.328 e. The molecule has 0 spiro atoms. The van der Waals surface area contributed by atoms with E-state index in [0.717, 1.165) is 31.9 Å². The van der Waals surface area contributed by atoms with Crippen LogP contribution in [-0.2, 0) is 14.3 Å². The lowest BCUT2D eigenvalue weighted by molar-refractivity contribution is -0.142. The molecule has 1 aromatic rings. The van der Waals surface area contributed by atoms with E-state index in [4.69, 9.17) is 4.74 Å². The Kier molecular flexibility index (Phi) is 8.55. The minimum Gasteiger partial charge on any atom is -0.467 e. The molecule has 1 heterocycles. The monoisotopic (exact) mass is 382 g/mol. The molecule has 1 aliphatic heterocycles. The van der Waals surface area contributed by atoms with Crippen molar-refractivity contribution in [3.8, 4) is 23.7 Å². The molecule has 1 fully saturated rings. The molecule has 1 amide bonds. The van der Waals surface area contributed by atoms with Crippen LogP contribution in [0, 0.1) is 23.7 Å². The van der Waals surface area contributed by atoms with E-state index < -0.39 is 12.0 Å². The summed E-state index contributed by atoms with van der Waals surface area (Å²) in [4.78, 5) is 26.1. The number of carbonyl (C=O) groups is 2. The van der Waals surface area contributed by atoms with Crippen LogP contribution in [0.5, 0.6) is 0 Å². The average molecular weight is 382 g/mol. The average Bonchev–Trinajstić information content (AvgIpc) is 2.75. The van der Waals surface area contributed by atoms with E-state index in [-0.39, 0.29) is 11.9 Å². The second-order valence-electron chi connectivity index (χ2n) is 6.38. The third-order valence-electron chi connectivity index (χ3n) is 4.49. The third-order valence-corrected chi connectivity index (χ3v) is 4.49. The lowest BCUT2D eigenvalue weighted by Crippen LogP contribution is -2.41. The van der Waals surface area contributed by atoms with Crippen molar-refractivity contribution in [2.45, 2.75) is 32.4 Å². The van der Waals surface area contributed by atoms with Crippen molar-refractivity contribution in [2.75, 3.05) is 33.4 Å². The minimum absolute atomic E-state index is 0.144. The highest BCUT2D eigenvalue weighted by atomic mass is 16.5. The van der Waals surface area contributed by atoms with Gasteiger partial charge in [-0.1, -0.05) is 18.8 Å². The van der Waals surface area contributed by atoms with Gasteiger partial charge < -0.3 is 14.8 Å². The Morgan fingerprint density at radius 2 is 1.89 bits per heavy atom. The maximum Gasteiger partial charge on any atom is 0.328 e. The van der Waals surface area contributed by atoms with E-state index in [1.807, 2.05) is 6.92 Å². The summed E-state index contributed by atoms with van der Waals surface area (Å²) in [6, 6.07) is 6.36. The van der Waals surface area contributed by atoms with Gasteiger partial charge in [0.05, 0.1) is 26.4 Å². The zero-order chi connectivity index (χ0) is 20.4. The van der Waals surface area contributed by atoms with Crippen molar-refractivity contribution < 1.29 is 19.1 Å². The Hall–Kier alpha value is -2.80. The number of methoxy groups -OCH3 is 1. The molecule has 28 heavy (non-hydrogen) atoms. The maximum atomic E-state index is 12.2. The molecule has 6 heteroatoms. The fourth-order valence-electron chi connectivity index (χ4n) is 2.72. The van der Waals surface area contributed by atoms with Crippen molar-refractivity contribution in [1.82, 2.24) is 10.2 Å². The van der Waals surface area contributed by atoms with Crippen molar-refractivity contribution in [2.24, 2.45) is 0 Å². The summed E-state index contributed by atoms with van der Waals surface area (Å²) in [6.45, 7) is 7.14. The molecule has 0 aliphatic carbocycles. The van der Waals surface area contributed by atoms with Gasteiger partial charge in [-0.2, -0.15) is 0 Å². The molecule has 1 unspecified atom stereocenters. The van der Waals surface area contributed by atoms with Gasteiger partial charge in [-0.3, -0.25) is 9.69 Å². The number of amides is 1. The largest absolute Gasteiger partial charge is 0.467 e. The molecule has 0 saturated carbocycles. The Bertz CT molecular complexity index is 790. The number of ether oxygens (including phenoxy) is 2. The Balaban J connectivity index is 1.92. The lowest BCUT2D eigenvalue weighted by atomic mass is 10.1. The molecule has 0 bridgehead atoms. The summed E-state index contributed by atoms with van der Waals surface area (Å²) in [6.07, 6.45) is 0.462. The van der Waals surface area contributed by atoms with Crippen molar-refractivity contribution >= 4 is 11.9 Å². The van der Waals surface area contributed by atoms with Gasteiger partial charge in [-0.05, 0) is 49.5 Å². The number of morpholine rings is 1. The standard InChI is InChI=1S/C22H26N2O4/c1-4-20(22(26)27-3)23-21(25)19-11-9-18(10-12-19)8-6-5-7-17(2)24-13-15-28-16-14-24/h9-12,17,20H,4,13-16H2,1-3H3,(H,23,25)/t17-,20?/m0/s1. The van der Waals surface area contributed by atoms with Gasteiger partial charge >= 0.3 is 5.97 Å². The van der Waals surface area contributed by atoms with E-state index in [1.165, 1.54) is 7.11 Å². The molecular formula is C22H26N2O4. The van der Waals surface area contributed by atoms with Gasteiger partial charge in [0.15, 0.2) is 0 Å². The van der Waals surface area contributed by atoms with Crippen LogP contribution in [0.1, 0.15) is 36.2 Å². The third kappa shape index (κ3) is 6.42. The molecule has 6 nitrogen and oxygen atoms in total. The quantitative estimate of drug-likeness (QED) is 0.617. The highest BCUT2D eigenvalue weighted by Crippen LogP contribution is 2.05. The fraction of sp³-hybridized carbons (Fsp3) is 0.455. The van der Waals surface area contributed by atoms with E-state index in [1.54, 1.807) is 24.3 Å². The van der Waals surface area contributed by atoms with Crippen molar-refractivity contribution in [3.05, 3.63) is 35.4 Å². The summed E-state index contributed by atoms with van der Waals surface area (Å²) in [5.74, 6) is 11.1. The number of hydrogen-bond acceptors (Lipinski definition) is 5. The second-order valence-corrected chi connectivity index (χ2v) is 6.38. The first kappa shape index (κ1) is 21.5. The van der Waals surface area contributed by atoms with Crippen LogP contribution in [0.25, 0.3) is 0 Å². The number of hydrogen-bond donors (Lipinski definition) is 1. The fourth-order valence-corrected chi connectivity index (χ4v) is 2.72. The van der Waals surface area contributed by atoms with Gasteiger partial charge in [0, 0.05) is 24.2 Å². The van der Waals surface area contributed by atoms with Gasteiger partial charge in [-0.15, -0.1) is 0 Å². The summed E-state index contributed by atoms with van der Waals surface area (Å²) >= 11 is 0. The SMILES string of the molecule is CCC(NC(=O)c1ccc(C#CC#C[C@H](C)N2CCOCC2)cc1)C(=O)OC. The normalized spacial score (nSPS) is 15.8. The van der Waals surface area contributed by atoms with Crippen LogP contribution in [-0.4, -0.2) is 62.3 Å². The maximum absolute atomic E-state index is 12.2. The highest BCUT2D eigenvalue weighted by molar-refractivity contribution is 5.96. The zero-order valence-electron chi connectivity index (χ0n) is 16.6. The first-order valence-corrected chi connectivity index (χ1v) is 9.37. The van der Waals surface area contributed by atoms with E-state index in [0.29, 0.717) is 12.0 Å². The van der Waals surface area contributed by atoms with E-state index in [9.17, 15) is 9.59 Å². The van der Waals surface area contributed by atoms with Crippen LogP contribution in [0.3, 0.4) is 0 Å². The van der Waals surface area contributed by atoms with Crippen LogP contribution in [0.2, 0.25) is 0 Å². The Labute approximate surface area is 166 Å². The van der Waals surface area contributed by atoms with Crippen LogP contribution in [0.4, 0.5) is 0 Å². The predicted octanol–water partition coefficient (Wildman–Crippen LogP) is 1.44. The molecule has 0 aromatic heterocycles. The summed E-state index contributed by atoms with van der Waals surface area (Å²) in [5.41, 5.74) is 1.23. The van der Waals surface area contributed by atoms with Gasteiger partial charge in [0.25, 0.3) is 5.91 Å². The van der Waals surface area contributed by atoms with Crippen LogP contribution in [0.15, 0.2) is 24.3 Å². The highest BCUT2D eigenvalue weighted by Gasteiger charge is 2.19. The molecule has 0 radical (unpaired) electrons. The molecule has 1 aliphatic rings. The van der Waals surface area contributed by atoms with E-state index in [2.05, 4.69) is 45.6 Å². The summed E-state index contributed by atoms with van der Waals surface area (Å²) in [7, 11) is 1.30. The predicted molar refractivity (Wildman–Crippen MR) is 107 cm³/mol. The van der Waals surface area contributed by atoms with Crippen molar-refractivity contribution in [1.29, 1.82) is 0 Å². The van der Waals surface area contributed by atoms with Crippen molar-refractivity contribution in [3.63, 3.8) is 0 Å². The van der Waals surface area contributed by atoms with Gasteiger partial charge in [0.2, 0.25) is 0 Å². The van der Waals surface area contributed by atoms with Gasteiger partial charge in [0.1, 0.15) is 6.04 Å². The second kappa shape index (κ2) is 11.1. The molecule has 2 atom stereocenters. The lowest BCUT2D eigenvalue weighted by Gasteiger charge is -2.29. The molecule has 1 aromatic carbocycles. The number of esters is 1. The molecule has 2 rings (SSSR count). The molecule has 148 valence electrons. The zero-order valence-corrected chi connectivity index (χ0v) is 16.6. The van der Waals surface area contributed by atoms with Gasteiger partial charge in [-0.25, -0.2) is 4.79 Å². The molecule has 1 N–H and O–H groups in total. The first-order chi connectivity index (χ1) is 13.5. The Morgan fingerprint density at radius 3 is 2.50 bits per heavy atom.